The van der Waals surface area contributed by atoms with Crippen LogP contribution in [0.3, 0.4) is 0 Å². The monoisotopic (exact) mass is 279 g/mol. The van der Waals surface area contributed by atoms with Crippen molar-refractivity contribution in [2.24, 2.45) is 5.73 Å². The first kappa shape index (κ1) is 11.0. The second-order valence-corrected chi connectivity index (χ2v) is 4.21. The molecule has 0 saturated heterocycles. The molecule has 4 nitrogen and oxygen atoms in total. The highest BCUT2D eigenvalue weighted by Gasteiger charge is 2.02. The molecule has 0 amide bonds. The molecule has 0 aliphatic heterocycles. The molecule has 1 aromatic heterocycles. The Bertz CT molecular complexity index is 548. The maximum absolute atomic E-state index is 11.3. The number of hydrogen-bond acceptors (Lipinski definition) is 3. The predicted octanol–water partition coefficient (Wildman–Crippen LogP) is 1.66. The Balaban J connectivity index is 2.51. The lowest BCUT2D eigenvalue weighted by molar-refractivity contribution is 0.956. The highest BCUT2D eigenvalue weighted by atomic mass is 79.9. The number of rotatable bonds is 2. The third kappa shape index (κ3) is 2.37. The molecule has 0 unspecified atom stereocenters. The van der Waals surface area contributed by atoms with E-state index >= 15 is 0 Å². The summed E-state index contributed by atoms with van der Waals surface area (Å²) in [7, 11) is 0. The summed E-state index contributed by atoms with van der Waals surface area (Å²) in [5, 5.41) is 0. The van der Waals surface area contributed by atoms with Crippen LogP contribution in [-0.4, -0.2) is 9.97 Å². The van der Waals surface area contributed by atoms with Gasteiger partial charge in [-0.2, -0.15) is 0 Å². The van der Waals surface area contributed by atoms with Crippen molar-refractivity contribution in [3.05, 3.63) is 50.9 Å². The summed E-state index contributed by atoms with van der Waals surface area (Å²) in [4.78, 5) is 18.3. The Labute approximate surface area is 101 Å². The van der Waals surface area contributed by atoms with Gasteiger partial charge in [0.15, 0.2) is 0 Å². The molecule has 0 saturated carbocycles. The Morgan fingerprint density at radius 3 is 2.62 bits per heavy atom. The highest BCUT2D eigenvalue weighted by Crippen LogP contribution is 2.17. The van der Waals surface area contributed by atoms with Crippen LogP contribution >= 0.6 is 15.9 Å². The molecule has 16 heavy (non-hydrogen) atoms. The van der Waals surface area contributed by atoms with Gasteiger partial charge in [-0.25, -0.2) is 4.98 Å². The summed E-state index contributed by atoms with van der Waals surface area (Å²) >= 11 is 3.35. The van der Waals surface area contributed by atoms with E-state index in [1.165, 1.54) is 6.07 Å². The number of nitrogens with two attached hydrogens (primary N) is 1. The Kier molecular flexibility index (Phi) is 3.17. The van der Waals surface area contributed by atoms with Gasteiger partial charge >= 0.3 is 0 Å². The number of nitrogens with zero attached hydrogens (tertiary/aromatic N) is 1. The summed E-state index contributed by atoms with van der Waals surface area (Å²) < 4.78 is 0.980. The van der Waals surface area contributed by atoms with Gasteiger partial charge in [0.05, 0.1) is 5.69 Å². The van der Waals surface area contributed by atoms with Crippen LogP contribution in [0, 0.1) is 0 Å². The number of halogens is 1. The van der Waals surface area contributed by atoms with Gasteiger partial charge in [0.1, 0.15) is 5.82 Å². The summed E-state index contributed by atoms with van der Waals surface area (Å²) in [5.74, 6) is 0.542. The van der Waals surface area contributed by atoms with Crippen LogP contribution in [-0.2, 0) is 6.54 Å². The number of aromatic nitrogens is 2. The van der Waals surface area contributed by atoms with Crippen molar-refractivity contribution in [1.82, 2.24) is 9.97 Å². The molecule has 0 aliphatic carbocycles. The molecule has 0 bridgehead atoms. The fourth-order valence-electron chi connectivity index (χ4n) is 1.36. The normalized spacial score (nSPS) is 10.4. The first-order valence-corrected chi connectivity index (χ1v) is 5.54. The minimum atomic E-state index is -0.187. The number of nitrogens with one attached hydrogen (secondary N) is 1. The highest BCUT2D eigenvalue weighted by molar-refractivity contribution is 9.10. The van der Waals surface area contributed by atoms with Crippen molar-refractivity contribution in [2.45, 2.75) is 6.54 Å². The molecule has 0 radical (unpaired) electrons. The van der Waals surface area contributed by atoms with Crippen molar-refractivity contribution in [3.63, 3.8) is 0 Å². The maximum atomic E-state index is 11.3. The quantitative estimate of drug-likeness (QED) is 0.878. The Morgan fingerprint density at radius 2 is 2.00 bits per heavy atom. The second-order valence-electron chi connectivity index (χ2n) is 3.30. The number of H-pyrrole nitrogens is 1. The van der Waals surface area contributed by atoms with E-state index in [-0.39, 0.29) is 12.1 Å². The smallest absolute Gasteiger partial charge is 0.251 e. The van der Waals surface area contributed by atoms with Gasteiger partial charge < -0.3 is 10.7 Å². The Morgan fingerprint density at radius 1 is 1.31 bits per heavy atom. The van der Waals surface area contributed by atoms with Crippen LogP contribution in [0.1, 0.15) is 5.69 Å². The molecule has 82 valence electrons. The predicted molar refractivity (Wildman–Crippen MR) is 65.9 cm³/mol. The van der Waals surface area contributed by atoms with Gasteiger partial charge in [0, 0.05) is 22.6 Å². The van der Waals surface area contributed by atoms with Gasteiger partial charge in [-0.3, -0.25) is 4.79 Å². The average Bonchev–Trinajstić information content (AvgIpc) is 2.29. The third-order valence-corrected chi connectivity index (χ3v) is 2.65. The molecule has 3 N–H and O–H groups in total. The molecule has 0 aliphatic rings. The number of hydrogen-bond donors (Lipinski definition) is 2. The number of benzene rings is 1. The zero-order valence-electron chi connectivity index (χ0n) is 8.40. The van der Waals surface area contributed by atoms with Crippen LogP contribution in [0.25, 0.3) is 11.4 Å². The molecule has 0 fully saturated rings. The lowest BCUT2D eigenvalue weighted by atomic mass is 10.2. The van der Waals surface area contributed by atoms with E-state index in [1.807, 2.05) is 24.3 Å². The number of aromatic amines is 1. The van der Waals surface area contributed by atoms with Gasteiger partial charge in [-0.15, -0.1) is 0 Å². The van der Waals surface area contributed by atoms with Crippen molar-refractivity contribution < 1.29 is 0 Å². The molecule has 5 heteroatoms. The van der Waals surface area contributed by atoms with Gasteiger partial charge in [0.2, 0.25) is 0 Å². The summed E-state index contributed by atoms with van der Waals surface area (Å²) in [6.45, 7) is 0.257. The standard InChI is InChI=1S/C11H10BrN3O/c12-8-3-1-7(2-4-8)11-14-9(6-13)5-10(16)15-11/h1-5H,6,13H2,(H,14,15,16). The van der Waals surface area contributed by atoms with Crippen LogP contribution in [0.15, 0.2) is 39.6 Å². The molecule has 0 atom stereocenters. The van der Waals surface area contributed by atoms with Gasteiger partial charge in [-0.05, 0) is 12.1 Å². The van der Waals surface area contributed by atoms with Crippen molar-refractivity contribution in [3.8, 4) is 11.4 Å². The summed E-state index contributed by atoms with van der Waals surface area (Å²) in [6, 6.07) is 8.95. The van der Waals surface area contributed by atoms with E-state index in [0.717, 1.165) is 10.0 Å². The summed E-state index contributed by atoms with van der Waals surface area (Å²) in [5.41, 5.74) is 6.72. The lowest BCUT2D eigenvalue weighted by Crippen LogP contribution is -2.12. The fraction of sp³-hybridized carbons (Fsp3) is 0.0909. The molecule has 0 spiro atoms. The second kappa shape index (κ2) is 4.59. The molecular weight excluding hydrogens is 270 g/mol. The lowest BCUT2D eigenvalue weighted by Gasteiger charge is -2.02. The van der Waals surface area contributed by atoms with E-state index < -0.39 is 0 Å². The minimum absolute atomic E-state index is 0.187. The van der Waals surface area contributed by atoms with Crippen molar-refractivity contribution in [2.75, 3.05) is 0 Å². The van der Waals surface area contributed by atoms with Gasteiger partial charge in [0.25, 0.3) is 5.56 Å². The first-order chi connectivity index (χ1) is 7.69. The summed E-state index contributed by atoms with van der Waals surface area (Å²) in [6.07, 6.45) is 0. The SMILES string of the molecule is NCc1cc(=O)[nH]c(-c2ccc(Br)cc2)n1. The van der Waals surface area contributed by atoms with E-state index in [4.69, 9.17) is 5.73 Å². The largest absolute Gasteiger partial charge is 0.325 e. The zero-order valence-corrected chi connectivity index (χ0v) is 9.99. The van der Waals surface area contributed by atoms with E-state index in [9.17, 15) is 4.79 Å². The molecule has 1 aromatic carbocycles. The van der Waals surface area contributed by atoms with Crippen LogP contribution in [0.4, 0.5) is 0 Å². The molecular formula is C11H10BrN3O. The van der Waals surface area contributed by atoms with Crippen molar-refractivity contribution in [1.29, 1.82) is 0 Å². The first-order valence-electron chi connectivity index (χ1n) is 4.75. The molecule has 2 rings (SSSR count). The van der Waals surface area contributed by atoms with Crippen LogP contribution in [0.5, 0.6) is 0 Å². The maximum Gasteiger partial charge on any atom is 0.251 e. The zero-order chi connectivity index (χ0) is 11.5. The average molecular weight is 280 g/mol. The third-order valence-electron chi connectivity index (χ3n) is 2.12. The van der Waals surface area contributed by atoms with Gasteiger partial charge in [-0.1, -0.05) is 28.1 Å². The van der Waals surface area contributed by atoms with E-state index in [0.29, 0.717) is 11.5 Å². The minimum Gasteiger partial charge on any atom is -0.325 e. The van der Waals surface area contributed by atoms with Crippen LogP contribution < -0.4 is 11.3 Å². The molecule has 1 heterocycles. The van der Waals surface area contributed by atoms with E-state index in [2.05, 4.69) is 25.9 Å². The topological polar surface area (TPSA) is 71.8 Å². The van der Waals surface area contributed by atoms with Crippen molar-refractivity contribution >= 4 is 15.9 Å². The molecule has 2 aromatic rings. The van der Waals surface area contributed by atoms with Crippen LogP contribution in [0.2, 0.25) is 0 Å². The van der Waals surface area contributed by atoms with E-state index in [1.54, 1.807) is 0 Å². The Hall–Kier alpha value is -1.46. The fourth-order valence-corrected chi connectivity index (χ4v) is 1.62.